The molecule has 0 radical (unpaired) electrons. The maximum absolute atomic E-state index is 11.7. The largest absolute Gasteiger partial charge is 0.349 e. The summed E-state index contributed by atoms with van der Waals surface area (Å²) < 4.78 is 0. The number of hydrogen-bond donors (Lipinski definition) is 2. The van der Waals surface area contributed by atoms with E-state index in [1.54, 1.807) is 30.5 Å². The first-order chi connectivity index (χ1) is 9.75. The third-order valence-corrected chi connectivity index (χ3v) is 2.64. The Balaban J connectivity index is 1.74. The van der Waals surface area contributed by atoms with Gasteiger partial charge >= 0.3 is 0 Å². The maximum Gasteiger partial charge on any atom is 0.251 e. The number of aromatic nitrogens is 1. The van der Waals surface area contributed by atoms with Crippen LogP contribution in [-0.2, 0) is 11.3 Å². The van der Waals surface area contributed by atoms with Crippen molar-refractivity contribution in [2.75, 3.05) is 6.54 Å². The first-order valence-electron chi connectivity index (χ1n) is 6.25. The second kappa shape index (κ2) is 7.04. The zero-order valence-corrected chi connectivity index (χ0v) is 10.9. The molecule has 0 aliphatic rings. The van der Waals surface area contributed by atoms with Gasteiger partial charge in [-0.3, -0.25) is 14.6 Å². The molecule has 1 aromatic heterocycles. The number of rotatable bonds is 5. The molecule has 0 unspecified atom stereocenters. The lowest BCUT2D eigenvalue weighted by Gasteiger charge is -2.06. The second-order valence-corrected chi connectivity index (χ2v) is 4.15. The summed E-state index contributed by atoms with van der Waals surface area (Å²) in [6.45, 7) is 0.293. The minimum absolute atomic E-state index is 0.0550. The monoisotopic (exact) mass is 269 g/mol. The summed E-state index contributed by atoms with van der Waals surface area (Å²) in [7, 11) is 0. The summed E-state index contributed by atoms with van der Waals surface area (Å²) >= 11 is 0. The molecule has 1 heterocycles. The van der Waals surface area contributed by atoms with Crippen LogP contribution in [-0.4, -0.2) is 23.3 Å². The van der Waals surface area contributed by atoms with E-state index >= 15 is 0 Å². The van der Waals surface area contributed by atoms with E-state index in [0.717, 1.165) is 5.69 Å². The van der Waals surface area contributed by atoms with Crippen LogP contribution in [0, 0.1) is 0 Å². The Morgan fingerprint density at radius 2 is 1.70 bits per heavy atom. The average molecular weight is 269 g/mol. The molecule has 0 fully saturated rings. The smallest absolute Gasteiger partial charge is 0.251 e. The summed E-state index contributed by atoms with van der Waals surface area (Å²) in [5.41, 5.74) is 1.31. The fourth-order valence-corrected chi connectivity index (χ4v) is 1.61. The van der Waals surface area contributed by atoms with Crippen LogP contribution in [0.15, 0.2) is 54.7 Å². The molecule has 0 spiro atoms. The van der Waals surface area contributed by atoms with Crippen molar-refractivity contribution < 1.29 is 9.59 Å². The van der Waals surface area contributed by atoms with Crippen molar-refractivity contribution in [3.05, 3.63) is 66.0 Å². The summed E-state index contributed by atoms with van der Waals surface area (Å²) in [6, 6.07) is 14.3. The summed E-state index contributed by atoms with van der Waals surface area (Å²) in [4.78, 5) is 27.4. The lowest BCUT2D eigenvalue weighted by atomic mass is 10.2. The van der Waals surface area contributed by atoms with E-state index < -0.39 is 0 Å². The van der Waals surface area contributed by atoms with Gasteiger partial charge in [0.25, 0.3) is 5.91 Å². The Hall–Kier alpha value is -2.69. The Labute approximate surface area is 117 Å². The number of amides is 2. The number of benzene rings is 1. The van der Waals surface area contributed by atoms with Crippen molar-refractivity contribution in [1.29, 1.82) is 0 Å². The number of hydrogen-bond acceptors (Lipinski definition) is 3. The van der Waals surface area contributed by atoms with E-state index in [1.165, 1.54) is 0 Å². The molecule has 1 aromatic carbocycles. The molecule has 0 aliphatic carbocycles. The average Bonchev–Trinajstić information content (AvgIpc) is 2.52. The Morgan fingerprint density at radius 1 is 0.950 bits per heavy atom. The molecule has 20 heavy (non-hydrogen) atoms. The molecule has 0 atom stereocenters. The number of carbonyl (C=O) groups excluding carboxylic acids is 2. The van der Waals surface area contributed by atoms with Gasteiger partial charge < -0.3 is 10.6 Å². The molecule has 102 valence electrons. The molecule has 0 aliphatic heterocycles. The van der Waals surface area contributed by atoms with Crippen LogP contribution >= 0.6 is 0 Å². The fraction of sp³-hybridized carbons (Fsp3) is 0.133. The van der Waals surface area contributed by atoms with Crippen molar-refractivity contribution in [2.24, 2.45) is 0 Å². The maximum atomic E-state index is 11.7. The quantitative estimate of drug-likeness (QED) is 0.854. The van der Waals surface area contributed by atoms with Gasteiger partial charge in [-0.15, -0.1) is 0 Å². The summed E-state index contributed by atoms with van der Waals surface area (Å²) in [6.07, 6.45) is 1.67. The van der Waals surface area contributed by atoms with Crippen LogP contribution in [0.25, 0.3) is 0 Å². The summed E-state index contributed by atoms with van der Waals surface area (Å²) in [5, 5.41) is 5.25. The Morgan fingerprint density at radius 3 is 2.40 bits per heavy atom. The van der Waals surface area contributed by atoms with Gasteiger partial charge in [-0.05, 0) is 24.3 Å². The molecule has 2 aromatic rings. The lowest BCUT2D eigenvalue weighted by molar-refractivity contribution is -0.120. The third-order valence-electron chi connectivity index (χ3n) is 2.64. The predicted molar refractivity (Wildman–Crippen MR) is 74.9 cm³/mol. The van der Waals surface area contributed by atoms with Gasteiger partial charge in [0, 0.05) is 11.8 Å². The van der Waals surface area contributed by atoms with Crippen molar-refractivity contribution in [3.8, 4) is 0 Å². The number of nitrogens with zero attached hydrogens (tertiary/aromatic N) is 1. The topological polar surface area (TPSA) is 71.1 Å². The van der Waals surface area contributed by atoms with E-state index in [0.29, 0.717) is 12.1 Å². The van der Waals surface area contributed by atoms with Gasteiger partial charge in [-0.25, -0.2) is 0 Å². The van der Waals surface area contributed by atoms with Gasteiger partial charge in [0.05, 0.1) is 18.8 Å². The van der Waals surface area contributed by atoms with Gasteiger partial charge in [-0.2, -0.15) is 0 Å². The highest BCUT2D eigenvalue weighted by molar-refractivity contribution is 5.96. The highest BCUT2D eigenvalue weighted by Crippen LogP contribution is 1.97. The highest BCUT2D eigenvalue weighted by atomic mass is 16.2. The molecule has 0 saturated carbocycles. The Kier molecular flexibility index (Phi) is 4.83. The van der Waals surface area contributed by atoms with Gasteiger partial charge in [0.15, 0.2) is 0 Å². The first-order valence-corrected chi connectivity index (χ1v) is 6.25. The zero-order valence-electron chi connectivity index (χ0n) is 10.9. The van der Waals surface area contributed by atoms with Gasteiger partial charge in [-0.1, -0.05) is 24.3 Å². The highest BCUT2D eigenvalue weighted by Gasteiger charge is 2.07. The molecule has 5 nitrogen and oxygen atoms in total. The lowest BCUT2D eigenvalue weighted by Crippen LogP contribution is -2.36. The van der Waals surface area contributed by atoms with Crippen LogP contribution in [0.2, 0.25) is 0 Å². The van der Waals surface area contributed by atoms with Crippen molar-refractivity contribution in [3.63, 3.8) is 0 Å². The minimum atomic E-state index is -0.265. The summed E-state index contributed by atoms with van der Waals surface area (Å²) in [5.74, 6) is -0.515. The van der Waals surface area contributed by atoms with Gasteiger partial charge in [0.2, 0.25) is 5.91 Å². The van der Waals surface area contributed by atoms with Crippen LogP contribution in [0.5, 0.6) is 0 Å². The molecular weight excluding hydrogens is 254 g/mol. The molecule has 5 heteroatoms. The number of carbonyl (C=O) groups is 2. The predicted octanol–water partition coefficient (Wildman–Crippen LogP) is 1.13. The van der Waals surface area contributed by atoms with Crippen molar-refractivity contribution >= 4 is 11.8 Å². The fourth-order valence-electron chi connectivity index (χ4n) is 1.61. The van der Waals surface area contributed by atoms with Gasteiger partial charge in [0.1, 0.15) is 0 Å². The van der Waals surface area contributed by atoms with Crippen molar-refractivity contribution in [2.45, 2.75) is 6.54 Å². The van der Waals surface area contributed by atoms with Crippen LogP contribution in [0.4, 0.5) is 0 Å². The molecule has 0 bridgehead atoms. The molecular formula is C15H15N3O2. The zero-order chi connectivity index (χ0) is 14.2. The number of pyridine rings is 1. The van der Waals surface area contributed by atoms with E-state index in [9.17, 15) is 9.59 Å². The molecule has 2 rings (SSSR count). The van der Waals surface area contributed by atoms with E-state index in [4.69, 9.17) is 0 Å². The van der Waals surface area contributed by atoms with E-state index in [-0.39, 0.29) is 18.4 Å². The standard InChI is InChI=1S/C15H15N3O2/c19-14(17-10-13-8-4-5-9-16-13)11-18-15(20)12-6-2-1-3-7-12/h1-9H,10-11H2,(H,17,19)(H,18,20). The normalized spacial score (nSPS) is 9.80. The van der Waals surface area contributed by atoms with Crippen LogP contribution in [0.1, 0.15) is 16.1 Å². The van der Waals surface area contributed by atoms with E-state index in [1.807, 2.05) is 24.3 Å². The molecule has 2 N–H and O–H groups in total. The third kappa shape index (κ3) is 4.20. The number of nitrogens with one attached hydrogen (secondary N) is 2. The molecule has 2 amide bonds. The second-order valence-electron chi connectivity index (χ2n) is 4.15. The SMILES string of the molecule is O=C(CNC(=O)c1ccccc1)NCc1ccccn1. The molecule has 0 saturated heterocycles. The Bertz CT molecular complexity index is 570. The van der Waals surface area contributed by atoms with Crippen LogP contribution < -0.4 is 10.6 Å². The minimum Gasteiger partial charge on any atom is -0.349 e. The van der Waals surface area contributed by atoms with Crippen molar-refractivity contribution in [1.82, 2.24) is 15.6 Å². The van der Waals surface area contributed by atoms with E-state index in [2.05, 4.69) is 15.6 Å². The van der Waals surface area contributed by atoms with Crippen LogP contribution in [0.3, 0.4) is 0 Å². The first kappa shape index (κ1) is 13.7.